The van der Waals surface area contributed by atoms with Crippen LogP contribution in [0.2, 0.25) is 0 Å². The molecule has 0 saturated carbocycles. The first-order valence-electron chi connectivity index (χ1n) is 12.0. The summed E-state index contributed by atoms with van der Waals surface area (Å²) in [6.07, 6.45) is 3.95. The highest BCUT2D eigenvalue weighted by atomic mass is 19.1. The lowest BCUT2D eigenvalue weighted by molar-refractivity contribution is -0.135. The maximum atomic E-state index is 13.5. The molecule has 182 valence electrons. The first-order chi connectivity index (χ1) is 16.4. The Morgan fingerprint density at radius 2 is 1.76 bits per heavy atom. The van der Waals surface area contributed by atoms with Crippen LogP contribution in [0.1, 0.15) is 54.1 Å². The predicted molar refractivity (Wildman–Crippen MR) is 126 cm³/mol. The van der Waals surface area contributed by atoms with Gasteiger partial charge in [-0.25, -0.2) is 8.78 Å². The van der Waals surface area contributed by atoms with Crippen molar-refractivity contribution in [2.24, 2.45) is 5.92 Å². The molecule has 0 radical (unpaired) electrons. The summed E-state index contributed by atoms with van der Waals surface area (Å²) < 4.78 is 26.6. The molecule has 2 aliphatic rings. The Hall–Kier alpha value is -2.84. The van der Waals surface area contributed by atoms with Crippen molar-refractivity contribution < 1.29 is 18.4 Å². The molecule has 2 saturated heterocycles. The molecule has 2 aliphatic heterocycles. The van der Waals surface area contributed by atoms with E-state index in [0.29, 0.717) is 38.0 Å². The number of carbonyl (C=O) groups excluding carboxylic acids is 2. The summed E-state index contributed by atoms with van der Waals surface area (Å²) in [6, 6.07) is 12.6. The van der Waals surface area contributed by atoms with Crippen LogP contribution in [0.3, 0.4) is 0 Å². The molecule has 2 heterocycles. The second-order valence-electron chi connectivity index (χ2n) is 9.30. The van der Waals surface area contributed by atoms with E-state index in [-0.39, 0.29) is 41.5 Å². The summed E-state index contributed by atoms with van der Waals surface area (Å²) >= 11 is 0. The van der Waals surface area contributed by atoms with Crippen LogP contribution in [-0.2, 0) is 4.79 Å². The third-order valence-corrected chi connectivity index (χ3v) is 6.88. The minimum atomic E-state index is -0.365. The van der Waals surface area contributed by atoms with E-state index in [1.165, 1.54) is 30.3 Å². The lowest BCUT2D eigenvalue weighted by Crippen LogP contribution is -2.43. The standard InChI is InChI=1S/C26H32F2N4O2/c1-31(13-3-6-23-17-24(30-29-23)20-4-2-5-22(28)16-20)25(33)19-11-14-32(15-12-19)26(34)18-7-9-21(27)10-8-18/h2,4-5,7-10,16,19,23-24,29-30H,3,6,11-15,17H2,1H3. The quantitative estimate of drug-likeness (QED) is 0.648. The van der Waals surface area contributed by atoms with Crippen LogP contribution in [-0.4, -0.2) is 54.3 Å². The molecule has 0 spiro atoms. The highest BCUT2D eigenvalue weighted by Crippen LogP contribution is 2.25. The molecule has 2 aromatic rings. The van der Waals surface area contributed by atoms with Crippen molar-refractivity contribution in [3.63, 3.8) is 0 Å². The summed E-state index contributed by atoms with van der Waals surface area (Å²) in [6.45, 7) is 1.73. The minimum Gasteiger partial charge on any atom is -0.346 e. The number of nitrogens with one attached hydrogen (secondary N) is 2. The molecule has 2 N–H and O–H groups in total. The predicted octanol–water partition coefficient (Wildman–Crippen LogP) is 3.66. The van der Waals surface area contributed by atoms with E-state index in [1.807, 2.05) is 13.1 Å². The highest BCUT2D eigenvalue weighted by molar-refractivity contribution is 5.94. The molecule has 0 bridgehead atoms. The van der Waals surface area contributed by atoms with E-state index in [9.17, 15) is 18.4 Å². The molecule has 2 amide bonds. The van der Waals surface area contributed by atoms with Crippen molar-refractivity contribution in [2.45, 2.75) is 44.2 Å². The molecule has 34 heavy (non-hydrogen) atoms. The third kappa shape index (κ3) is 5.98. The molecule has 6 nitrogen and oxygen atoms in total. The molecular formula is C26H32F2N4O2. The fraction of sp³-hybridized carbons (Fsp3) is 0.462. The second kappa shape index (κ2) is 11.1. The van der Waals surface area contributed by atoms with Crippen LogP contribution in [0.5, 0.6) is 0 Å². The van der Waals surface area contributed by atoms with E-state index >= 15 is 0 Å². The van der Waals surface area contributed by atoms with Gasteiger partial charge in [0.1, 0.15) is 11.6 Å². The Bertz CT molecular complexity index is 993. The lowest BCUT2D eigenvalue weighted by Gasteiger charge is -2.33. The highest BCUT2D eigenvalue weighted by Gasteiger charge is 2.30. The third-order valence-electron chi connectivity index (χ3n) is 6.88. The second-order valence-corrected chi connectivity index (χ2v) is 9.30. The normalized spacial score (nSPS) is 21.0. The SMILES string of the molecule is CN(CCCC1CC(c2cccc(F)c2)NN1)C(=O)C1CCN(C(=O)c2ccc(F)cc2)CC1. The van der Waals surface area contributed by atoms with Gasteiger partial charge in [0.25, 0.3) is 5.91 Å². The van der Waals surface area contributed by atoms with E-state index in [0.717, 1.165) is 24.8 Å². The fourth-order valence-electron chi connectivity index (χ4n) is 4.85. The summed E-state index contributed by atoms with van der Waals surface area (Å²) in [5, 5.41) is 0. The van der Waals surface area contributed by atoms with Gasteiger partial charge in [-0.1, -0.05) is 12.1 Å². The number of hydrogen-bond acceptors (Lipinski definition) is 4. The van der Waals surface area contributed by atoms with Gasteiger partial charge in [0.2, 0.25) is 5.91 Å². The van der Waals surface area contributed by atoms with Crippen LogP contribution in [0.4, 0.5) is 8.78 Å². The largest absolute Gasteiger partial charge is 0.346 e. The van der Waals surface area contributed by atoms with Crippen molar-refractivity contribution in [3.05, 3.63) is 71.3 Å². The molecule has 4 rings (SSSR count). The summed E-state index contributed by atoms with van der Waals surface area (Å²) in [5.74, 6) is -0.660. The molecule has 2 unspecified atom stereocenters. The summed E-state index contributed by atoms with van der Waals surface area (Å²) in [5.41, 5.74) is 7.94. The molecule has 8 heteroatoms. The van der Waals surface area contributed by atoms with Crippen LogP contribution in [0.25, 0.3) is 0 Å². The smallest absolute Gasteiger partial charge is 0.253 e. The number of benzene rings is 2. The Morgan fingerprint density at radius 1 is 1.03 bits per heavy atom. The summed E-state index contributed by atoms with van der Waals surface area (Å²) in [4.78, 5) is 29.0. The number of piperidine rings is 1. The van der Waals surface area contributed by atoms with E-state index in [1.54, 1.807) is 21.9 Å². The van der Waals surface area contributed by atoms with Crippen LogP contribution >= 0.6 is 0 Å². The molecule has 0 aliphatic carbocycles. The van der Waals surface area contributed by atoms with Gasteiger partial charge in [-0.05, 0) is 74.1 Å². The first-order valence-corrected chi connectivity index (χ1v) is 12.0. The number of likely N-dealkylation sites (tertiary alicyclic amines) is 1. The number of hydrogen-bond donors (Lipinski definition) is 2. The van der Waals surface area contributed by atoms with Gasteiger partial charge in [-0.3, -0.25) is 20.4 Å². The van der Waals surface area contributed by atoms with Crippen molar-refractivity contribution in [1.82, 2.24) is 20.7 Å². The Labute approximate surface area is 199 Å². The van der Waals surface area contributed by atoms with E-state index in [2.05, 4.69) is 10.9 Å². The number of carbonyl (C=O) groups is 2. The molecular weight excluding hydrogens is 438 g/mol. The number of halogens is 2. The van der Waals surface area contributed by atoms with Crippen LogP contribution in [0.15, 0.2) is 48.5 Å². The van der Waals surface area contributed by atoms with E-state index < -0.39 is 0 Å². The molecule has 2 aromatic carbocycles. The monoisotopic (exact) mass is 470 g/mol. The topological polar surface area (TPSA) is 64.7 Å². The lowest BCUT2D eigenvalue weighted by atomic mass is 9.94. The summed E-state index contributed by atoms with van der Waals surface area (Å²) in [7, 11) is 1.84. The molecule has 2 fully saturated rings. The number of nitrogens with zero attached hydrogens (tertiary/aromatic N) is 2. The van der Waals surface area contributed by atoms with Gasteiger partial charge in [0.05, 0.1) is 0 Å². The fourth-order valence-corrected chi connectivity index (χ4v) is 4.85. The zero-order valence-corrected chi connectivity index (χ0v) is 19.5. The maximum Gasteiger partial charge on any atom is 0.253 e. The van der Waals surface area contributed by atoms with Gasteiger partial charge in [0, 0.05) is 50.2 Å². The van der Waals surface area contributed by atoms with Crippen molar-refractivity contribution in [3.8, 4) is 0 Å². The molecule has 2 atom stereocenters. The van der Waals surface area contributed by atoms with E-state index in [4.69, 9.17) is 0 Å². The van der Waals surface area contributed by atoms with Crippen LogP contribution < -0.4 is 10.9 Å². The van der Waals surface area contributed by atoms with Gasteiger partial charge >= 0.3 is 0 Å². The Morgan fingerprint density at radius 3 is 2.47 bits per heavy atom. The first kappa shape index (κ1) is 24.3. The zero-order chi connectivity index (χ0) is 24.1. The number of rotatable bonds is 7. The van der Waals surface area contributed by atoms with Gasteiger partial charge < -0.3 is 9.80 Å². The van der Waals surface area contributed by atoms with Crippen molar-refractivity contribution in [2.75, 3.05) is 26.7 Å². The van der Waals surface area contributed by atoms with Gasteiger partial charge in [-0.2, -0.15) is 0 Å². The average Bonchev–Trinajstić information content (AvgIpc) is 3.33. The molecule has 0 aromatic heterocycles. The average molecular weight is 471 g/mol. The van der Waals surface area contributed by atoms with Crippen LogP contribution in [0, 0.1) is 17.6 Å². The Kier molecular flexibility index (Phi) is 7.90. The zero-order valence-electron chi connectivity index (χ0n) is 19.5. The number of hydrazine groups is 1. The van der Waals surface area contributed by atoms with Crippen molar-refractivity contribution >= 4 is 11.8 Å². The van der Waals surface area contributed by atoms with Gasteiger partial charge in [0.15, 0.2) is 0 Å². The number of amides is 2. The maximum absolute atomic E-state index is 13.5. The Balaban J connectivity index is 1.17. The van der Waals surface area contributed by atoms with Gasteiger partial charge in [-0.15, -0.1) is 0 Å². The van der Waals surface area contributed by atoms with Crippen molar-refractivity contribution in [1.29, 1.82) is 0 Å². The minimum absolute atomic E-state index is 0.0779.